The molecule has 0 aliphatic rings. The third kappa shape index (κ3) is 4.03. The highest BCUT2D eigenvalue weighted by molar-refractivity contribution is 5.95. The van der Waals surface area contributed by atoms with E-state index in [0.717, 1.165) is 12.8 Å². The van der Waals surface area contributed by atoms with Gasteiger partial charge in [0.1, 0.15) is 0 Å². The number of benzene rings is 1. The Morgan fingerprint density at radius 2 is 2.21 bits per heavy atom. The van der Waals surface area contributed by atoms with Crippen molar-refractivity contribution in [3.63, 3.8) is 0 Å². The van der Waals surface area contributed by atoms with Crippen molar-refractivity contribution in [1.82, 2.24) is 0 Å². The standard InChI is InChI=1S/C13H19N3O3/c1-3-4-6-10(14)13(17)15-11-7-5-8-12(9(11)2)16(18)19/h5,7-8,10H,3-4,6,14H2,1-2H3,(H,15,17)/t10-/m0/s1. The molecule has 1 atom stereocenters. The van der Waals surface area contributed by atoms with Crippen LogP contribution in [0, 0.1) is 17.0 Å². The molecule has 6 heteroatoms. The number of carbonyl (C=O) groups is 1. The van der Waals surface area contributed by atoms with E-state index in [0.29, 0.717) is 17.7 Å². The number of amides is 1. The van der Waals surface area contributed by atoms with Crippen LogP contribution in [0.5, 0.6) is 0 Å². The first kappa shape index (κ1) is 15.1. The summed E-state index contributed by atoms with van der Waals surface area (Å²) in [6, 6.07) is 3.99. The maximum atomic E-state index is 11.8. The summed E-state index contributed by atoms with van der Waals surface area (Å²) in [6.45, 7) is 3.63. The zero-order valence-electron chi connectivity index (χ0n) is 11.2. The molecule has 1 rings (SSSR count). The Balaban J connectivity index is 2.80. The number of carbonyl (C=O) groups excluding carboxylic acids is 1. The average molecular weight is 265 g/mol. The molecular weight excluding hydrogens is 246 g/mol. The van der Waals surface area contributed by atoms with E-state index in [1.165, 1.54) is 12.1 Å². The van der Waals surface area contributed by atoms with Crippen molar-refractivity contribution in [2.24, 2.45) is 5.73 Å². The topological polar surface area (TPSA) is 98.3 Å². The quantitative estimate of drug-likeness (QED) is 0.609. The second-order valence-electron chi connectivity index (χ2n) is 4.44. The molecule has 104 valence electrons. The predicted octanol–water partition coefficient (Wildman–Crippen LogP) is 2.36. The molecule has 0 saturated carbocycles. The number of hydrogen-bond donors (Lipinski definition) is 2. The number of unbranched alkanes of at least 4 members (excludes halogenated alkanes) is 1. The molecule has 1 aromatic rings. The maximum absolute atomic E-state index is 11.8. The summed E-state index contributed by atoms with van der Waals surface area (Å²) in [6.07, 6.45) is 2.45. The molecule has 0 spiro atoms. The van der Waals surface area contributed by atoms with Crippen LogP contribution in [0.15, 0.2) is 18.2 Å². The van der Waals surface area contributed by atoms with E-state index in [1.54, 1.807) is 13.0 Å². The number of nitro benzene ring substituents is 1. The van der Waals surface area contributed by atoms with Gasteiger partial charge in [-0.15, -0.1) is 0 Å². The van der Waals surface area contributed by atoms with Crippen LogP contribution >= 0.6 is 0 Å². The van der Waals surface area contributed by atoms with Gasteiger partial charge in [0.25, 0.3) is 5.69 Å². The molecule has 0 unspecified atom stereocenters. The van der Waals surface area contributed by atoms with Crippen LogP contribution in [0.1, 0.15) is 31.7 Å². The van der Waals surface area contributed by atoms with Gasteiger partial charge in [0.2, 0.25) is 5.91 Å². The first-order chi connectivity index (χ1) is 8.97. The molecule has 0 fully saturated rings. The molecule has 0 aliphatic carbocycles. The lowest BCUT2D eigenvalue weighted by atomic mass is 10.1. The van der Waals surface area contributed by atoms with Gasteiger partial charge in [-0.3, -0.25) is 14.9 Å². The average Bonchev–Trinajstić information content (AvgIpc) is 2.37. The van der Waals surface area contributed by atoms with Gasteiger partial charge in [0.05, 0.1) is 22.2 Å². The molecule has 19 heavy (non-hydrogen) atoms. The summed E-state index contributed by atoms with van der Waals surface area (Å²) in [5.74, 6) is -0.308. The summed E-state index contributed by atoms with van der Waals surface area (Å²) in [7, 11) is 0. The fourth-order valence-corrected chi connectivity index (χ4v) is 1.74. The number of anilines is 1. The largest absolute Gasteiger partial charge is 0.324 e. The first-order valence-electron chi connectivity index (χ1n) is 6.27. The van der Waals surface area contributed by atoms with Crippen LogP contribution in [0.2, 0.25) is 0 Å². The number of nitro groups is 1. The lowest BCUT2D eigenvalue weighted by Gasteiger charge is -2.13. The Bertz CT molecular complexity index is 474. The summed E-state index contributed by atoms with van der Waals surface area (Å²) >= 11 is 0. The number of rotatable bonds is 6. The zero-order chi connectivity index (χ0) is 14.4. The smallest absolute Gasteiger partial charge is 0.274 e. The first-order valence-corrected chi connectivity index (χ1v) is 6.27. The molecule has 0 bridgehead atoms. The second-order valence-corrected chi connectivity index (χ2v) is 4.44. The molecule has 0 heterocycles. The molecule has 1 aromatic carbocycles. The van der Waals surface area contributed by atoms with Gasteiger partial charge in [-0.25, -0.2) is 0 Å². The van der Waals surface area contributed by atoms with Gasteiger partial charge in [0, 0.05) is 6.07 Å². The minimum absolute atomic E-state index is 0.0140. The lowest BCUT2D eigenvalue weighted by molar-refractivity contribution is -0.385. The van der Waals surface area contributed by atoms with Crippen LogP contribution in [-0.2, 0) is 4.79 Å². The van der Waals surface area contributed by atoms with Gasteiger partial charge in [-0.05, 0) is 19.4 Å². The third-order valence-electron chi connectivity index (χ3n) is 2.97. The van der Waals surface area contributed by atoms with E-state index >= 15 is 0 Å². The number of nitrogens with two attached hydrogens (primary N) is 1. The van der Waals surface area contributed by atoms with Crippen molar-refractivity contribution in [3.05, 3.63) is 33.9 Å². The molecule has 0 aliphatic heterocycles. The number of nitrogens with one attached hydrogen (secondary N) is 1. The summed E-state index contributed by atoms with van der Waals surface area (Å²) in [4.78, 5) is 22.2. The highest BCUT2D eigenvalue weighted by Gasteiger charge is 2.17. The van der Waals surface area contributed by atoms with E-state index < -0.39 is 11.0 Å². The summed E-state index contributed by atoms with van der Waals surface area (Å²) in [5, 5.41) is 13.4. The number of hydrogen-bond acceptors (Lipinski definition) is 4. The van der Waals surface area contributed by atoms with Gasteiger partial charge in [-0.1, -0.05) is 25.8 Å². The zero-order valence-corrected chi connectivity index (χ0v) is 11.2. The van der Waals surface area contributed by atoms with E-state index in [2.05, 4.69) is 5.32 Å². The van der Waals surface area contributed by atoms with Crippen LogP contribution in [-0.4, -0.2) is 16.9 Å². The normalized spacial score (nSPS) is 11.9. The summed E-state index contributed by atoms with van der Waals surface area (Å²) < 4.78 is 0. The lowest BCUT2D eigenvalue weighted by Crippen LogP contribution is -2.35. The highest BCUT2D eigenvalue weighted by atomic mass is 16.6. The van der Waals surface area contributed by atoms with Crippen molar-refractivity contribution in [3.8, 4) is 0 Å². The van der Waals surface area contributed by atoms with Gasteiger partial charge in [-0.2, -0.15) is 0 Å². The van der Waals surface area contributed by atoms with Gasteiger partial charge in [0.15, 0.2) is 0 Å². The third-order valence-corrected chi connectivity index (χ3v) is 2.97. The molecule has 3 N–H and O–H groups in total. The van der Waals surface area contributed by atoms with Crippen LogP contribution in [0.3, 0.4) is 0 Å². The minimum Gasteiger partial charge on any atom is -0.324 e. The van der Waals surface area contributed by atoms with Crippen molar-refractivity contribution in [2.45, 2.75) is 39.2 Å². The van der Waals surface area contributed by atoms with Gasteiger partial charge < -0.3 is 11.1 Å². The molecule has 6 nitrogen and oxygen atoms in total. The Morgan fingerprint density at radius 3 is 2.79 bits per heavy atom. The van der Waals surface area contributed by atoms with Crippen molar-refractivity contribution < 1.29 is 9.72 Å². The van der Waals surface area contributed by atoms with Crippen LogP contribution < -0.4 is 11.1 Å². The molecular formula is C13H19N3O3. The number of nitrogens with zero attached hydrogens (tertiary/aromatic N) is 1. The molecule has 0 saturated heterocycles. The fraction of sp³-hybridized carbons (Fsp3) is 0.462. The van der Waals surface area contributed by atoms with Crippen molar-refractivity contribution in [2.75, 3.05) is 5.32 Å². The molecule has 0 aromatic heterocycles. The Morgan fingerprint density at radius 1 is 1.53 bits per heavy atom. The Hall–Kier alpha value is -1.95. The van der Waals surface area contributed by atoms with E-state index in [9.17, 15) is 14.9 Å². The van der Waals surface area contributed by atoms with E-state index in [-0.39, 0.29) is 11.6 Å². The minimum atomic E-state index is -0.585. The van der Waals surface area contributed by atoms with E-state index in [4.69, 9.17) is 5.73 Å². The summed E-state index contributed by atoms with van der Waals surface area (Å²) in [5.41, 5.74) is 6.61. The fourth-order valence-electron chi connectivity index (χ4n) is 1.74. The van der Waals surface area contributed by atoms with Crippen molar-refractivity contribution >= 4 is 17.3 Å². The maximum Gasteiger partial charge on any atom is 0.274 e. The second kappa shape index (κ2) is 6.84. The van der Waals surface area contributed by atoms with E-state index in [1.807, 2.05) is 6.92 Å². The Kier molecular flexibility index (Phi) is 5.44. The van der Waals surface area contributed by atoms with Gasteiger partial charge >= 0.3 is 0 Å². The molecule has 1 amide bonds. The van der Waals surface area contributed by atoms with Crippen molar-refractivity contribution in [1.29, 1.82) is 0 Å². The monoisotopic (exact) mass is 265 g/mol. The SMILES string of the molecule is CCCC[C@H](N)C(=O)Nc1cccc([N+](=O)[O-])c1C. The predicted molar refractivity (Wildman–Crippen MR) is 74.0 cm³/mol. The van der Waals surface area contributed by atoms with Crippen LogP contribution in [0.4, 0.5) is 11.4 Å². The highest BCUT2D eigenvalue weighted by Crippen LogP contribution is 2.25. The van der Waals surface area contributed by atoms with Crippen LogP contribution in [0.25, 0.3) is 0 Å². The Labute approximate surface area is 112 Å². The molecule has 0 radical (unpaired) electrons.